The number of β-amino-alcohol motifs (C(OH)–C–C–N with tert-alkyl or cyclic N) is 1. The first kappa shape index (κ1) is 24.1. The molecule has 3 aliphatic rings. The number of hydrogen-bond donors (Lipinski definition) is 1. The zero-order valence-electron chi connectivity index (χ0n) is 20.1. The van der Waals surface area contributed by atoms with Crippen molar-refractivity contribution in [1.82, 2.24) is 9.80 Å². The number of carbonyl (C=O) groups excluding carboxylic acids is 1. The van der Waals surface area contributed by atoms with Gasteiger partial charge in [0.1, 0.15) is 0 Å². The van der Waals surface area contributed by atoms with Gasteiger partial charge in [0.25, 0.3) is 0 Å². The van der Waals surface area contributed by atoms with E-state index in [1.165, 1.54) is 36.6 Å². The molecule has 2 aliphatic heterocycles. The number of rotatable bonds is 5. The molecule has 4 nitrogen and oxygen atoms in total. The highest BCUT2D eigenvalue weighted by atomic mass is 19.2. The molecule has 2 heterocycles. The van der Waals surface area contributed by atoms with Gasteiger partial charge in [-0.2, -0.15) is 0 Å². The van der Waals surface area contributed by atoms with Crippen molar-refractivity contribution in [2.75, 3.05) is 32.7 Å². The molecule has 1 N–H and O–H groups in total. The Morgan fingerprint density at radius 2 is 1.77 bits per heavy atom. The molecular weight excluding hydrogens is 446 g/mol. The molecule has 1 aliphatic carbocycles. The summed E-state index contributed by atoms with van der Waals surface area (Å²) in [5.74, 6) is -1.77. The van der Waals surface area contributed by atoms with E-state index in [-0.39, 0.29) is 17.9 Å². The molecule has 0 radical (unpaired) electrons. The van der Waals surface area contributed by atoms with E-state index < -0.39 is 11.6 Å². The van der Waals surface area contributed by atoms with Gasteiger partial charge < -0.3 is 14.9 Å². The van der Waals surface area contributed by atoms with E-state index >= 15 is 0 Å². The highest BCUT2D eigenvalue weighted by Crippen LogP contribution is 2.46. The van der Waals surface area contributed by atoms with Gasteiger partial charge in [-0.25, -0.2) is 8.78 Å². The van der Waals surface area contributed by atoms with E-state index in [0.717, 1.165) is 50.9 Å². The number of piperidine rings is 2. The highest BCUT2D eigenvalue weighted by molar-refractivity contribution is 5.91. The molecule has 2 aromatic carbocycles. The quantitative estimate of drug-likeness (QED) is 0.639. The second kappa shape index (κ2) is 10.2. The highest BCUT2D eigenvalue weighted by Gasteiger charge is 2.41. The number of fused-ring (bicyclic) bond motifs is 2. The SMILES string of the molecule is O=C(/C=C/c1ccc(F)c(F)c1)N1CCC(C(O)CN2CCC3(CCc4ccccc43)CC2)CC1. The molecule has 1 unspecified atom stereocenters. The van der Waals surface area contributed by atoms with Crippen LogP contribution in [-0.4, -0.2) is 59.6 Å². The number of aryl methyl sites for hydroxylation is 1. The number of hydrogen-bond acceptors (Lipinski definition) is 3. The Balaban J connectivity index is 1.07. The number of likely N-dealkylation sites (tertiary alicyclic amines) is 2. The number of carbonyl (C=O) groups is 1. The van der Waals surface area contributed by atoms with Crippen LogP contribution in [0.25, 0.3) is 6.08 Å². The normalized spacial score (nSPS) is 21.5. The molecule has 186 valence electrons. The predicted molar refractivity (Wildman–Crippen MR) is 133 cm³/mol. The van der Waals surface area contributed by atoms with Gasteiger partial charge in [-0.1, -0.05) is 30.3 Å². The standard InChI is InChI=1S/C29H34F2N2O2/c30-25-7-5-21(19-26(25)31)6-8-28(35)33-15-10-23(11-16-33)27(34)20-32-17-13-29(14-18-32)12-9-22-3-1-2-4-24(22)29/h1-8,19,23,27,34H,9-18,20H2/b8-6+. The molecule has 2 fully saturated rings. The number of halogens is 2. The fourth-order valence-corrected chi connectivity index (χ4v) is 6.25. The summed E-state index contributed by atoms with van der Waals surface area (Å²) in [6.07, 6.45) is 8.85. The first-order valence-electron chi connectivity index (χ1n) is 12.8. The number of aliphatic hydroxyl groups excluding tert-OH is 1. The molecule has 2 aromatic rings. The summed E-state index contributed by atoms with van der Waals surface area (Å²) >= 11 is 0. The lowest BCUT2D eigenvalue weighted by molar-refractivity contribution is -0.128. The Morgan fingerprint density at radius 3 is 2.51 bits per heavy atom. The minimum atomic E-state index is -0.925. The average Bonchev–Trinajstić information content (AvgIpc) is 3.24. The molecule has 0 bridgehead atoms. The first-order valence-corrected chi connectivity index (χ1v) is 12.8. The molecule has 1 spiro atoms. The van der Waals surface area contributed by atoms with Crippen LogP contribution in [0.15, 0.2) is 48.5 Å². The fourth-order valence-electron chi connectivity index (χ4n) is 6.25. The number of nitrogens with zero attached hydrogens (tertiary/aromatic N) is 2. The largest absolute Gasteiger partial charge is 0.392 e. The van der Waals surface area contributed by atoms with Crippen LogP contribution in [0.4, 0.5) is 8.78 Å². The van der Waals surface area contributed by atoms with Crippen LogP contribution in [-0.2, 0) is 16.6 Å². The van der Waals surface area contributed by atoms with Crippen LogP contribution >= 0.6 is 0 Å². The second-order valence-corrected chi connectivity index (χ2v) is 10.5. The smallest absolute Gasteiger partial charge is 0.246 e. The molecule has 6 heteroatoms. The molecule has 1 atom stereocenters. The van der Waals surface area contributed by atoms with E-state index in [1.54, 1.807) is 10.5 Å². The third kappa shape index (κ3) is 5.19. The summed E-state index contributed by atoms with van der Waals surface area (Å²) in [6, 6.07) is 12.5. The second-order valence-electron chi connectivity index (χ2n) is 10.5. The van der Waals surface area contributed by atoms with Crippen molar-refractivity contribution in [3.8, 4) is 0 Å². The summed E-state index contributed by atoms with van der Waals surface area (Å²) in [4.78, 5) is 16.7. The maximum Gasteiger partial charge on any atom is 0.246 e. The zero-order valence-corrected chi connectivity index (χ0v) is 20.1. The summed E-state index contributed by atoms with van der Waals surface area (Å²) in [5, 5.41) is 10.9. The molecule has 2 saturated heterocycles. The lowest BCUT2D eigenvalue weighted by Gasteiger charge is -2.42. The van der Waals surface area contributed by atoms with Crippen molar-refractivity contribution in [3.63, 3.8) is 0 Å². The Morgan fingerprint density at radius 1 is 1.03 bits per heavy atom. The van der Waals surface area contributed by atoms with Crippen LogP contribution in [0.5, 0.6) is 0 Å². The summed E-state index contributed by atoms with van der Waals surface area (Å²) in [6.45, 7) is 3.95. The topological polar surface area (TPSA) is 43.8 Å². The van der Waals surface area contributed by atoms with E-state index in [2.05, 4.69) is 29.2 Å². The monoisotopic (exact) mass is 480 g/mol. The molecule has 35 heavy (non-hydrogen) atoms. The fraction of sp³-hybridized carbons (Fsp3) is 0.483. The van der Waals surface area contributed by atoms with Crippen LogP contribution in [0.1, 0.15) is 48.8 Å². The Kier molecular flexibility index (Phi) is 7.03. The molecular formula is C29H34F2N2O2. The van der Waals surface area contributed by atoms with Crippen molar-refractivity contribution >= 4 is 12.0 Å². The minimum Gasteiger partial charge on any atom is -0.392 e. The Hall–Kier alpha value is -2.57. The average molecular weight is 481 g/mol. The van der Waals surface area contributed by atoms with Gasteiger partial charge in [-0.05, 0) is 97.8 Å². The molecule has 1 amide bonds. The minimum absolute atomic E-state index is 0.138. The van der Waals surface area contributed by atoms with Crippen LogP contribution in [0, 0.1) is 17.6 Å². The summed E-state index contributed by atoms with van der Waals surface area (Å²) in [7, 11) is 0. The Bertz CT molecular complexity index is 1090. The van der Waals surface area contributed by atoms with Crippen molar-refractivity contribution in [1.29, 1.82) is 0 Å². The van der Waals surface area contributed by atoms with Gasteiger partial charge in [0.2, 0.25) is 5.91 Å². The number of aliphatic hydroxyl groups is 1. The van der Waals surface area contributed by atoms with Gasteiger partial charge in [0.15, 0.2) is 11.6 Å². The predicted octanol–water partition coefficient (Wildman–Crippen LogP) is 4.56. The van der Waals surface area contributed by atoms with Crippen molar-refractivity contribution in [3.05, 3.63) is 76.9 Å². The van der Waals surface area contributed by atoms with E-state index in [9.17, 15) is 18.7 Å². The lowest BCUT2D eigenvalue weighted by Crippen LogP contribution is -2.47. The lowest BCUT2D eigenvalue weighted by atomic mass is 9.73. The number of amides is 1. The third-order valence-electron chi connectivity index (χ3n) is 8.48. The van der Waals surface area contributed by atoms with Gasteiger partial charge in [0.05, 0.1) is 6.10 Å². The third-order valence-corrected chi connectivity index (χ3v) is 8.48. The van der Waals surface area contributed by atoms with Crippen LogP contribution in [0.2, 0.25) is 0 Å². The van der Waals surface area contributed by atoms with E-state index in [0.29, 0.717) is 30.6 Å². The van der Waals surface area contributed by atoms with E-state index in [1.807, 2.05) is 0 Å². The van der Waals surface area contributed by atoms with Gasteiger partial charge in [0, 0.05) is 25.7 Å². The summed E-state index contributed by atoms with van der Waals surface area (Å²) in [5.41, 5.74) is 3.85. The van der Waals surface area contributed by atoms with Crippen molar-refractivity contribution in [2.24, 2.45) is 5.92 Å². The van der Waals surface area contributed by atoms with Crippen molar-refractivity contribution in [2.45, 2.75) is 50.0 Å². The van der Waals surface area contributed by atoms with Gasteiger partial charge in [-0.15, -0.1) is 0 Å². The molecule has 5 rings (SSSR count). The van der Waals surface area contributed by atoms with Crippen molar-refractivity contribution < 1.29 is 18.7 Å². The van der Waals surface area contributed by atoms with Gasteiger partial charge >= 0.3 is 0 Å². The Labute approximate surface area is 206 Å². The van der Waals surface area contributed by atoms with Crippen LogP contribution in [0.3, 0.4) is 0 Å². The molecule has 0 aromatic heterocycles. The maximum atomic E-state index is 13.3. The molecule has 0 saturated carbocycles. The van der Waals surface area contributed by atoms with Gasteiger partial charge in [-0.3, -0.25) is 4.79 Å². The van der Waals surface area contributed by atoms with E-state index in [4.69, 9.17) is 0 Å². The first-order chi connectivity index (χ1) is 16.9. The maximum absolute atomic E-state index is 13.3. The van der Waals surface area contributed by atoms with Crippen LogP contribution < -0.4 is 0 Å². The number of benzene rings is 2. The summed E-state index contributed by atoms with van der Waals surface area (Å²) < 4.78 is 26.4. The zero-order chi connectivity index (χ0) is 24.4.